The maximum atomic E-state index is 11.5. The number of hydrogen-bond donors (Lipinski definition) is 0. The standard InChI is InChI=1S/C12H14ClNO3/c1-3-14(2)11(16)8-17-12-9(7-15)5-4-6-10(12)13/h4-7H,3,8H2,1-2H3. The fourth-order valence-corrected chi connectivity index (χ4v) is 1.43. The minimum atomic E-state index is -0.163. The first-order chi connectivity index (χ1) is 8.10. The van der Waals surface area contributed by atoms with Crippen LogP contribution in [0.2, 0.25) is 5.02 Å². The zero-order valence-electron chi connectivity index (χ0n) is 9.77. The normalized spacial score (nSPS) is 9.82. The van der Waals surface area contributed by atoms with Crippen molar-refractivity contribution in [3.8, 4) is 5.75 Å². The second-order valence-corrected chi connectivity index (χ2v) is 3.88. The Morgan fingerprint density at radius 2 is 2.24 bits per heavy atom. The second kappa shape index (κ2) is 6.25. The van der Waals surface area contributed by atoms with E-state index in [0.717, 1.165) is 0 Å². The highest BCUT2D eigenvalue weighted by atomic mass is 35.5. The largest absolute Gasteiger partial charge is 0.481 e. The summed E-state index contributed by atoms with van der Waals surface area (Å²) in [6.45, 7) is 2.34. The molecule has 0 radical (unpaired) electrons. The van der Waals surface area contributed by atoms with E-state index < -0.39 is 0 Å². The lowest BCUT2D eigenvalue weighted by atomic mass is 10.2. The van der Waals surface area contributed by atoms with Crippen molar-refractivity contribution < 1.29 is 14.3 Å². The number of carbonyl (C=O) groups is 2. The molecule has 1 aromatic carbocycles. The van der Waals surface area contributed by atoms with Gasteiger partial charge in [0, 0.05) is 13.6 Å². The first-order valence-electron chi connectivity index (χ1n) is 5.20. The first kappa shape index (κ1) is 13.5. The lowest BCUT2D eigenvalue weighted by Crippen LogP contribution is -2.31. The van der Waals surface area contributed by atoms with Crippen LogP contribution < -0.4 is 4.74 Å². The van der Waals surface area contributed by atoms with Crippen LogP contribution in [-0.2, 0) is 4.79 Å². The number of para-hydroxylation sites is 1. The van der Waals surface area contributed by atoms with Crippen LogP contribution >= 0.6 is 11.6 Å². The Kier molecular flexibility index (Phi) is 4.97. The van der Waals surface area contributed by atoms with Crippen molar-refractivity contribution in [2.45, 2.75) is 6.92 Å². The molecule has 0 N–H and O–H groups in total. The number of amides is 1. The van der Waals surface area contributed by atoms with Crippen molar-refractivity contribution in [1.29, 1.82) is 0 Å². The van der Waals surface area contributed by atoms with Crippen LogP contribution in [0.15, 0.2) is 18.2 Å². The van der Waals surface area contributed by atoms with Crippen LogP contribution in [0.25, 0.3) is 0 Å². The van der Waals surface area contributed by atoms with Crippen molar-refractivity contribution in [2.75, 3.05) is 20.2 Å². The molecule has 1 aromatic rings. The number of likely N-dealkylation sites (N-methyl/N-ethyl adjacent to an activating group) is 1. The summed E-state index contributed by atoms with van der Waals surface area (Å²) in [5.74, 6) is 0.0892. The van der Waals surface area contributed by atoms with Crippen LogP contribution in [0.3, 0.4) is 0 Å². The van der Waals surface area contributed by atoms with E-state index in [1.165, 1.54) is 4.90 Å². The summed E-state index contributed by atoms with van der Waals surface area (Å²) in [7, 11) is 1.68. The number of nitrogens with zero attached hydrogens (tertiary/aromatic N) is 1. The molecule has 0 aromatic heterocycles. The topological polar surface area (TPSA) is 46.6 Å². The third-order valence-electron chi connectivity index (χ3n) is 2.36. The Morgan fingerprint density at radius 1 is 1.53 bits per heavy atom. The molecular weight excluding hydrogens is 242 g/mol. The van der Waals surface area contributed by atoms with Gasteiger partial charge in [0.15, 0.2) is 12.9 Å². The summed E-state index contributed by atoms with van der Waals surface area (Å²) in [4.78, 5) is 23.8. The highest BCUT2D eigenvalue weighted by Crippen LogP contribution is 2.27. The van der Waals surface area contributed by atoms with Crippen LogP contribution in [-0.4, -0.2) is 37.3 Å². The molecule has 0 aliphatic rings. The van der Waals surface area contributed by atoms with Crippen LogP contribution in [0.5, 0.6) is 5.75 Å². The highest BCUT2D eigenvalue weighted by molar-refractivity contribution is 6.32. The molecule has 5 heteroatoms. The Hall–Kier alpha value is -1.55. The van der Waals surface area contributed by atoms with E-state index in [2.05, 4.69) is 0 Å². The third-order valence-corrected chi connectivity index (χ3v) is 2.66. The smallest absolute Gasteiger partial charge is 0.260 e. The molecule has 4 nitrogen and oxygen atoms in total. The number of benzene rings is 1. The summed E-state index contributed by atoms with van der Waals surface area (Å²) < 4.78 is 5.29. The van der Waals surface area contributed by atoms with Gasteiger partial charge in [-0.25, -0.2) is 0 Å². The van der Waals surface area contributed by atoms with Crippen molar-refractivity contribution in [3.63, 3.8) is 0 Å². The summed E-state index contributed by atoms with van der Waals surface area (Å²) in [6.07, 6.45) is 0.648. The predicted molar refractivity (Wildman–Crippen MR) is 65.6 cm³/mol. The molecule has 0 aliphatic heterocycles. The number of ether oxygens (including phenoxy) is 1. The lowest BCUT2D eigenvalue weighted by Gasteiger charge is -2.15. The SMILES string of the molecule is CCN(C)C(=O)COc1c(Cl)cccc1C=O. The molecule has 0 aliphatic carbocycles. The van der Waals surface area contributed by atoms with Gasteiger partial charge >= 0.3 is 0 Å². The monoisotopic (exact) mass is 255 g/mol. The van der Waals surface area contributed by atoms with Gasteiger partial charge in [0.2, 0.25) is 0 Å². The van der Waals surface area contributed by atoms with Gasteiger partial charge in [-0.15, -0.1) is 0 Å². The van der Waals surface area contributed by atoms with Gasteiger partial charge in [0.1, 0.15) is 5.75 Å². The Balaban J connectivity index is 2.75. The number of halogens is 1. The molecule has 0 bridgehead atoms. The van der Waals surface area contributed by atoms with E-state index in [1.54, 1.807) is 25.2 Å². The van der Waals surface area contributed by atoms with E-state index >= 15 is 0 Å². The molecule has 17 heavy (non-hydrogen) atoms. The van der Waals surface area contributed by atoms with Crippen molar-refractivity contribution >= 4 is 23.8 Å². The summed E-state index contributed by atoms with van der Waals surface area (Å²) >= 11 is 5.90. The van der Waals surface area contributed by atoms with Crippen LogP contribution in [0.4, 0.5) is 0 Å². The number of aldehydes is 1. The van der Waals surface area contributed by atoms with E-state index in [1.807, 2.05) is 6.92 Å². The lowest BCUT2D eigenvalue weighted by molar-refractivity contribution is -0.131. The number of rotatable bonds is 5. The second-order valence-electron chi connectivity index (χ2n) is 3.47. The maximum absolute atomic E-state index is 11.5. The maximum Gasteiger partial charge on any atom is 0.260 e. The summed E-state index contributed by atoms with van der Waals surface area (Å²) in [5, 5.41) is 0.321. The number of carbonyl (C=O) groups excluding carboxylic acids is 2. The molecule has 0 spiro atoms. The minimum absolute atomic E-state index is 0.130. The van der Waals surface area contributed by atoms with Gasteiger partial charge < -0.3 is 9.64 Å². The summed E-state index contributed by atoms with van der Waals surface area (Å²) in [5.41, 5.74) is 0.337. The van der Waals surface area contributed by atoms with Gasteiger partial charge in [0.05, 0.1) is 10.6 Å². The molecule has 1 rings (SSSR count). The Morgan fingerprint density at radius 3 is 2.82 bits per heavy atom. The minimum Gasteiger partial charge on any atom is -0.481 e. The van der Waals surface area contributed by atoms with E-state index in [9.17, 15) is 9.59 Å². The van der Waals surface area contributed by atoms with Crippen LogP contribution in [0.1, 0.15) is 17.3 Å². The molecule has 0 unspecified atom stereocenters. The van der Waals surface area contributed by atoms with E-state index in [0.29, 0.717) is 23.4 Å². The van der Waals surface area contributed by atoms with Crippen molar-refractivity contribution in [3.05, 3.63) is 28.8 Å². The van der Waals surface area contributed by atoms with E-state index in [-0.39, 0.29) is 18.3 Å². The molecule has 0 saturated carbocycles. The van der Waals surface area contributed by atoms with Crippen molar-refractivity contribution in [1.82, 2.24) is 4.90 Å². The van der Waals surface area contributed by atoms with Crippen molar-refractivity contribution in [2.24, 2.45) is 0 Å². The average molecular weight is 256 g/mol. The molecule has 0 heterocycles. The Labute approximate surface area is 105 Å². The van der Waals surface area contributed by atoms with Crippen LogP contribution in [0, 0.1) is 0 Å². The predicted octanol–water partition coefficient (Wildman–Crippen LogP) is 2.01. The molecule has 0 atom stereocenters. The summed E-state index contributed by atoms with van der Waals surface area (Å²) in [6, 6.07) is 4.85. The molecule has 1 amide bonds. The quantitative estimate of drug-likeness (QED) is 0.756. The number of hydrogen-bond acceptors (Lipinski definition) is 3. The third kappa shape index (κ3) is 3.46. The first-order valence-corrected chi connectivity index (χ1v) is 5.58. The molecule has 0 saturated heterocycles. The average Bonchev–Trinajstić information content (AvgIpc) is 2.35. The van der Waals surface area contributed by atoms with Gasteiger partial charge in [-0.1, -0.05) is 17.7 Å². The van der Waals surface area contributed by atoms with Gasteiger partial charge in [-0.05, 0) is 19.1 Å². The fourth-order valence-electron chi connectivity index (χ4n) is 1.19. The fraction of sp³-hybridized carbons (Fsp3) is 0.333. The zero-order valence-corrected chi connectivity index (χ0v) is 10.5. The molecule has 0 fully saturated rings. The Bertz CT molecular complexity index is 420. The van der Waals surface area contributed by atoms with Gasteiger partial charge in [-0.3, -0.25) is 9.59 Å². The highest BCUT2D eigenvalue weighted by Gasteiger charge is 2.12. The zero-order chi connectivity index (χ0) is 12.8. The van der Waals surface area contributed by atoms with Gasteiger partial charge in [-0.2, -0.15) is 0 Å². The molecule has 92 valence electrons. The van der Waals surface area contributed by atoms with E-state index in [4.69, 9.17) is 16.3 Å². The van der Waals surface area contributed by atoms with Gasteiger partial charge in [0.25, 0.3) is 5.91 Å². The molecular formula is C12H14ClNO3.